The van der Waals surface area contributed by atoms with Gasteiger partial charge in [0.25, 0.3) is 5.91 Å². The zero-order chi connectivity index (χ0) is 26.0. The fraction of sp³-hybridized carbons (Fsp3) is 0.111. The largest absolute Gasteiger partial charge is 0.479 e. The van der Waals surface area contributed by atoms with Gasteiger partial charge in [0.1, 0.15) is 12.4 Å². The number of carbonyl (C=O) groups excluding carboxylic acids is 1. The standard InChI is InChI=1S/C27H18Cl4N2O2S/c1-4-9-35-25-17(10-18(28)12-23(25)31)11-24-26(34)33(20-8-6-16(3)22(30)14-20)27(36-24)32-19-7-5-15(2)21(29)13-19/h1,5-8,10-14H,9H2,2-3H3/b24-11+,32-27?. The van der Waals surface area contributed by atoms with Crippen LogP contribution >= 0.6 is 58.2 Å². The Morgan fingerprint density at radius 3 is 2.36 bits per heavy atom. The number of ether oxygens (including phenoxy) is 1. The third-order valence-corrected chi connectivity index (χ3v) is 7.51. The number of aliphatic imine (C=N–C) groups is 1. The molecule has 1 aliphatic heterocycles. The van der Waals surface area contributed by atoms with Crippen LogP contribution in [-0.2, 0) is 4.79 Å². The number of hydrogen-bond donors (Lipinski definition) is 0. The summed E-state index contributed by atoms with van der Waals surface area (Å²) in [7, 11) is 0. The number of terminal acetylenes is 1. The van der Waals surface area contributed by atoms with Crippen LogP contribution in [0.4, 0.5) is 11.4 Å². The van der Waals surface area contributed by atoms with Crippen molar-refractivity contribution < 1.29 is 9.53 Å². The molecule has 182 valence electrons. The molecule has 4 nitrogen and oxygen atoms in total. The summed E-state index contributed by atoms with van der Waals surface area (Å²) in [5, 5.41) is 2.22. The Bertz CT molecular complexity index is 1480. The quantitative estimate of drug-likeness (QED) is 0.225. The molecule has 1 heterocycles. The van der Waals surface area contributed by atoms with E-state index >= 15 is 0 Å². The highest BCUT2D eigenvalue weighted by molar-refractivity contribution is 8.19. The van der Waals surface area contributed by atoms with Crippen molar-refractivity contribution in [2.75, 3.05) is 11.5 Å². The SMILES string of the molecule is C#CCOc1c(Cl)cc(Cl)cc1/C=C1/SC(=Nc2ccc(C)c(Cl)c2)N(c2ccc(C)c(Cl)c2)C1=O. The molecule has 0 radical (unpaired) electrons. The van der Waals surface area contributed by atoms with Crippen LogP contribution in [0.1, 0.15) is 16.7 Å². The fourth-order valence-electron chi connectivity index (χ4n) is 3.35. The number of anilines is 1. The molecule has 0 aliphatic carbocycles. The van der Waals surface area contributed by atoms with E-state index in [0.29, 0.717) is 47.8 Å². The average molecular weight is 576 g/mol. The molecule has 3 aromatic carbocycles. The zero-order valence-corrected chi connectivity index (χ0v) is 23.0. The second kappa shape index (κ2) is 11.2. The Balaban J connectivity index is 1.84. The average Bonchev–Trinajstić information content (AvgIpc) is 3.12. The molecule has 1 amide bonds. The zero-order valence-electron chi connectivity index (χ0n) is 19.1. The second-order valence-electron chi connectivity index (χ2n) is 7.81. The monoisotopic (exact) mass is 574 g/mol. The summed E-state index contributed by atoms with van der Waals surface area (Å²) in [6.45, 7) is 3.81. The molecule has 9 heteroatoms. The van der Waals surface area contributed by atoms with Crippen LogP contribution in [0.15, 0.2) is 58.4 Å². The molecule has 4 rings (SSSR count). The minimum Gasteiger partial charge on any atom is -0.479 e. The minimum atomic E-state index is -0.295. The first kappa shape index (κ1) is 26.5. The van der Waals surface area contributed by atoms with Gasteiger partial charge in [-0.2, -0.15) is 0 Å². The first-order valence-corrected chi connectivity index (χ1v) is 12.9. The van der Waals surface area contributed by atoms with Gasteiger partial charge < -0.3 is 4.74 Å². The highest BCUT2D eigenvalue weighted by Gasteiger charge is 2.35. The molecule has 0 bridgehead atoms. The van der Waals surface area contributed by atoms with Crippen LogP contribution in [0, 0.1) is 26.2 Å². The number of amidine groups is 1. The van der Waals surface area contributed by atoms with Crippen molar-refractivity contribution in [3.63, 3.8) is 0 Å². The maximum Gasteiger partial charge on any atom is 0.271 e. The predicted octanol–water partition coefficient (Wildman–Crippen LogP) is 8.74. The number of halogens is 4. The van der Waals surface area contributed by atoms with Gasteiger partial charge in [-0.25, -0.2) is 4.99 Å². The van der Waals surface area contributed by atoms with Crippen LogP contribution in [0.5, 0.6) is 5.75 Å². The molecule has 0 saturated carbocycles. The van der Waals surface area contributed by atoms with Gasteiger partial charge in [-0.3, -0.25) is 9.69 Å². The lowest BCUT2D eigenvalue weighted by Crippen LogP contribution is -2.28. The van der Waals surface area contributed by atoms with Crippen LogP contribution in [0.2, 0.25) is 20.1 Å². The Labute approximate surface area is 233 Å². The van der Waals surface area contributed by atoms with E-state index in [1.165, 1.54) is 16.7 Å². The molecule has 3 aromatic rings. The maximum absolute atomic E-state index is 13.7. The van der Waals surface area contributed by atoms with Crippen molar-refractivity contribution in [3.8, 4) is 18.1 Å². The topological polar surface area (TPSA) is 41.9 Å². The number of benzene rings is 3. The Morgan fingerprint density at radius 1 is 1.00 bits per heavy atom. The van der Waals surface area contributed by atoms with Gasteiger partial charge in [-0.15, -0.1) is 6.42 Å². The Hall–Kier alpha value is -2.59. The molecular formula is C27H18Cl4N2O2S. The Kier molecular flexibility index (Phi) is 8.24. The first-order chi connectivity index (χ1) is 17.2. The normalized spacial score (nSPS) is 15.6. The van der Waals surface area contributed by atoms with Gasteiger partial charge in [0.2, 0.25) is 0 Å². The van der Waals surface area contributed by atoms with Crippen LogP contribution in [-0.4, -0.2) is 17.7 Å². The van der Waals surface area contributed by atoms with Crippen molar-refractivity contribution in [1.82, 2.24) is 0 Å². The van der Waals surface area contributed by atoms with E-state index in [1.54, 1.807) is 30.3 Å². The highest BCUT2D eigenvalue weighted by atomic mass is 35.5. The predicted molar refractivity (Wildman–Crippen MR) is 153 cm³/mol. The fourth-order valence-corrected chi connectivity index (χ4v) is 5.26. The lowest BCUT2D eigenvalue weighted by atomic mass is 10.1. The van der Waals surface area contributed by atoms with Crippen LogP contribution in [0.3, 0.4) is 0 Å². The number of thioether (sulfide) groups is 1. The van der Waals surface area contributed by atoms with E-state index < -0.39 is 0 Å². The third-order valence-electron chi connectivity index (χ3n) is 5.22. The van der Waals surface area contributed by atoms with E-state index in [0.717, 1.165) is 11.1 Å². The van der Waals surface area contributed by atoms with E-state index in [1.807, 2.05) is 38.1 Å². The van der Waals surface area contributed by atoms with E-state index in [2.05, 4.69) is 5.92 Å². The first-order valence-electron chi connectivity index (χ1n) is 10.6. The molecule has 0 aromatic heterocycles. The van der Waals surface area contributed by atoms with E-state index in [9.17, 15) is 4.79 Å². The number of nitrogens with zero attached hydrogens (tertiary/aromatic N) is 2. The van der Waals surface area contributed by atoms with Crippen LogP contribution < -0.4 is 9.64 Å². The summed E-state index contributed by atoms with van der Waals surface area (Å²) in [5.74, 6) is 2.45. The molecule has 36 heavy (non-hydrogen) atoms. The molecular weight excluding hydrogens is 558 g/mol. The van der Waals surface area contributed by atoms with Crippen LogP contribution in [0.25, 0.3) is 6.08 Å². The molecule has 0 spiro atoms. The molecule has 1 aliphatic rings. The van der Waals surface area contributed by atoms with Crippen molar-refractivity contribution in [1.29, 1.82) is 0 Å². The summed E-state index contributed by atoms with van der Waals surface area (Å²) >= 11 is 26.5. The summed E-state index contributed by atoms with van der Waals surface area (Å²) in [4.78, 5) is 20.3. The van der Waals surface area contributed by atoms with Gasteiger partial charge in [0.05, 0.1) is 21.3 Å². The number of aryl methyl sites for hydroxylation is 2. The van der Waals surface area contributed by atoms with Crippen molar-refractivity contribution in [2.24, 2.45) is 4.99 Å². The lowest BCUT2D eigenvalue weighted by molar-refractivity contribution is -0.113. The van der Waals surface area contributed by atoms with Gasteiger partial charge in [0, 0.05) is 20.6 Å². The smallest absolute Gasteiger partial charge is 0.271 e. The number of rotatable bonds is 5. The minimum absolute atomic E-state index is 0.00744. The summed E-state index contributed by atoms with van der Waals surface area (Å²) < 4.78 is 5.64. The summed E-state index contributed by atoms with van der Waals surface area (Å²) in [6.07, 6.45) is 7.01. The van der Waals surface area contributed by atoms with Gasteiger partial charge in [-0.1, -0.05) is 64.5 Å². The number of amides is 1. The van der Waals surface area contributed by atoms with E-state index in [4.69, 9.17) is 62.6 Å². The molecule has 0 N–H and O–H groups in total. The lowest BCUT2D eigenvalue weighted by Gasteiger charge is -2.16. The molecule has 0 unspecified atom stereocenters. The molecule has 1 saturated heterocycles. The third kappa shape index (κ3) is 5.70. The van der Waals surface area contributed by atoms with E-state index in [-0.39, 0.29) is 17.5 Å². The van der Waals surface area contributed by atoms with Crippen molar-refractivity contribution in [2.45, 2.75) is 13.8 Å². The van der Waals surface area contributed by atoms with Gasteiger partial charge in [0.15, 0.2) is 5.17 Å². The van der Waals surface area contributed by atoms with Crippen molar-refractivity contribution in [3.05, 3.63) is 90.2 Å². The summed E-state index contributed by atoms with van der Waals surface area (Å²) in [5.41, 5.74) is 3.52. The highest BCUT2D eigenvalue weighted by Crippen LogP contribution is 2.41. The van der Waals surface area contributed by atoms with Gasteiger partial charge >= 0.3 is 0 Å². The molecule has 1 fully saturated rings. The number of hydrogen-bond acceptors (Lipinski definition) is 4. The number of carbonyl (C=O) groups is 1. The Morgan fingerprint density at radius 2 is 1.69 bits per heavy atom. The van der Waals surface area contributed by atoms with Crippen molar-refractivity contribution >= 4 is 86.7 Å². The maximum atomic E-state index is 13.7. The second-order valence-corrected chi connectivity index (χ2v) is 10.5. The van der Waals surface area contributed by atoms with Gasteiger partial charge in [-0.05, 0) is 79.2 Å². The summed E-state index contributed by atoms with van der Waals surface area (Å²) in [6, 6.07) is 14.1. The molecule has 0 atom stereocenters.